The number of halogens is 3. The molecule has 0 fully saturated rings. The number of hydrogen-bond donors (Lipinski definition) is 3. The minimum absolute atomic E-state index is 0.0534. The summed E-state index contributed by atoms with van der Waals surface area (Å²) in [6.07, 6.45) is -6.26. The molecular formula is C24H26F3N3O5. The van der Waals surface area contributed by atoms with Gasteiger partial charge in [-0.25, -0.2) is 9.59 Å². The first-order valence-corrected chi connectivity index (χ1v) is 10.8. The van der Waals surface area contributed by atoms with Crippen LogP contribution < -0.4 is 10.6 Å². The molecule has 35 heavy (non-hydrogen) atoms. The van der Waals surface area contributed by atoms with Crippen LogP contribution in [0.4, 0.5) is 18.0 Å². The molecule has 2 atom stereocenters. The zero-order valence-electron chi connectivity index (χ0n) is 19.1. The van der Waals surface area contributed by atoms with Gasteiger partial charge in [-0.1, -0.05) is 48.5 Å². The SMILES string of the molecule is CN(C)CCC(NC(=O)OCC1c2ccccc2-c2ccccc21)C(=O)NC(C(=O)O)C(F)(F)F. The van der Waals surface area contributed by atoms with Crippen LogP contribution in [0.1, 0.15) is 23.5 Å². The molecule has 0 bridgehead atoms. The lowest BCUT2D eigenvalue weighted by molar-refractivity contribution is -0.182. The number of alkyl carbamates (subject to hydrolysis) is 1. The van der Waals surface area contributed by atoms with Crippen LogP contribution in [0.3, 0.4) is 0 Å². The van der Waals surface area contributed by atoms with Crippen molar-refractivity contribution in [3.05, 3.63) is 59.7 Å². The first kappa shape index (κ1) is 26.0. The van der Waals surface area contributed by atoms with Gasteiger partial charge in [0.1, 0.15) is 12.6 Å². The van der Waals surface area contributed by atoms with Gasteiger partial charge < -0.3 is 25.4 Å². The summed E-state index contributed by atoms with van der Waals surface area (Å²) in [6, 6.07) is 10.8. The maximum atomic E-state index is 13.0. The van der Waals surface area contributed by atoms with Crippen LogP contribution in [0.15, 0.2) is 48.5 Å². The third-order valence-corrected chi connectivity index (χ3v) is 5.68. The summed E-state index contributed by atoms with van der Waals surface area (Å²) in [5, 5.41) is 12.6. The number of rotatable bonds is 9. The number of hydrogen-bond acceptors (Lipinski definition) is 5. The molecule has 3 rings (SSSR count). The molecule has 188 valence electrons. The molecular weight excluding hydrogens is 467 g/mol. The minimum Gasteiger partial charge on any atom is -0.479 e. The Hall–Kier alpha value is -3.60. The summed E-state index contributed by atoms with van der Waals surface area (Å²) in [6.45, 7) is 0.188. The molecule has 2 unspecified atom stereocenters. The highest BCUT2D eigenvalue weighted by Crippen LogP contribution is 2.44. The number of nitrogens with zero attached hydrogens (tertiary/aromatic N) is 1. The predicted octanol–water partition coefficient (Wildman–Crippen LogP) is 2.98. The van der Waals surface area contributed by atoms with E-state index in [4.69, 9.17) is 9.84 Å². The molecule has 1 aliphatic carbocycles. The van der Waals surface area contributed by atoms with Crippen molar-refractivity contribution in [3.63, 3.8) is 0 Å². The topological polar surface area (TPSA) is 108 Å². The second-order valence-corrected chi connectivity index (χ2v) is 8.44. The largest absolute Gasteiger partial charge is 0.479 e. The highest BCUT2D eigenvalue weighted by molar-refractivity contribution is 5.89. The number of carbonyl (C=O) groups is 3. The molecule has 0 saturated heterocycles. The number of ether oxygens (including phenoxy) is 1. The van der Waals surface area contributed by atoms with Gasteiger partial charge in [0.2, 0.25) is 11.9 Å². The maximum Gasteiger partial charge on any atom is 0.419 e. The van der Waals surface area contributed by atoms with Crippen molar-refractivity contribution >= 4 is 18.0 Å². The molecule has 0 radical (unpaired) electrons. The molecule has 11 heteroatoms. The molecule has 0 saturated carbocycles. The van der Waals surface area contributed by atoms with Crippen molar-refractivity contribution in [2.45, 2.75) is 30.6 Å². The first-order valence-electron chi connectivity index (χ1n) is 10.8. The lowest BCUT2D eigenvalue weighted by Gasteiger charge is -2.24. The second-order valence-electron chi connectivity index (χ2n) is 8.44. The third kappa shape index (κ3) is 6.30. The molecule has 3 N–H and O–H groups in total. The molecule has 0 heterocycles. The fourth-order valence-electron chi connectivity index (χ4n) is 3.96. The zero-order chi connectivity index (χ0) is 25.8. The van der Waals surface area contributed by atoms with E-state index < -0.39 is 36.2 Å². The quantitative estimate of drug-likeness (QED) is 0.496. The molecule has 1 aliphatic rings. The highest BCUT2D eigenvalue weighted by Gasteiger charge is 2.47. The number of nitrogens with one attached hydrogen (secondary N) is 2. The van der Waals surface area contributed by atoms with Gasteiger partial charge in [-0.15, -0.1) is 0 Å². The normalized spacial score (nSPS) is 14.6. The summed E-state index contributed by atoms with van der Waals surface area (Å²) in [7, 11) is 3.36. The van der Waals surface area contributed by atoms with E-state index in [1.54, 1.807) is 19.0 Å². The Morgan fingerprint density at radius 1 is 1.00 bits per heavy atom. The Bertz CT molecular complexity index is 1040. The Labute approximate surface area is 200 Å². The van der Waals surface area contributed by atoms with Crippen LogP contribution in [0.2, 0.25) is 0 Å². The smallest absolute Gasteiger partial charge is 0.419 e. The Morgan fingerprint density at radius 2 is 1.54 bits per heavy atom. The number of fused-ring (bicyclic) bond motifs is 3. The van der Waals surface area contributed by atoms with Gasteiger partial charge in [-0.05, 0) is 49.3 Å². The van der Waals surface area contributed by atoms with Gasteiger partial charge in [0.25, 0.3) is 0 Å². The molecule has 2 aromatic carbocycles. The zero-order valence-corrected chi connectivity index (χ0v) is 19.1. The molecule has 8 nitrogen and oxygen atoms in total. The number of amides is 2. The van der Waals surface area contributed by atoms with E-state index in [2.05, 4.69) is 5.32 Å². The fraction of sp³-hybridized carbons (Fsp3) is 0.375. The van der Waals surface area contributed by atoms with Crippen LogP contribution in [-0.4, -0.2) is 73.5 Å². The summed E-state index contributed by atoms with van der Waals surface area (Å²) in [5.74, 6) is -3.77. The lowest BCUT2D eigenvalue weighted by Crippen LogP contribution is -2.56. The van der Waals surface area contributed by atoms with Crippen LogP contribution in [0, 0.1) is 0 Å². The molecule has 0 aliphatic heterocycles. The number of carboxylic acid groups (broad SMARTS) is 1. The summed E-state index contributed by atoms with van der Waals surface area (Å²) < 4.78 is 44.3. The molecule has 2 amide bonds. The van der Waals surface area contributed by atoms with E-state index in [0.29, 0.717) is 0 Å². The van der Waals surface area contributed by atoms with Crippen LogP contribution in [-0.2, 0) is 14.3 Å². The van der Waals surface area contributed by atoms with Crippen molar-refractivity contribution in [1.82, 2.24) is 15.5 Å². The van der Waals surface area contributed by atoms with Gasteiger partial charge in [0, 0.05) is 5.92 Å². The standard InChI is InChI=1S/C24H26F3N3O5/c1-30(2)12-11-19(21(31)29-20(22(32)33)24(25,26)27)28-23(34)35-13-18-16-9-5-3-7-14(16)15-8-4-6-10-17(15)18/h3-10,18-20H,11-13H2,1-2H3,(H,28,34)(H,29,31)(H,32,33). The predicted molar refractivity (Wildman–Crippen MR) is 121 cm³/mol. The average molecular weight is 493 g/mol. The van der Waals surface area contributed by atoms with Crippen LogP contribution >= 0.6 is 0 Å². The van der Waals surface area contributed by atoms with Gasteiger partial charge in [-0.3, -0.25) is 4.79 Å². The van der Waals surface area contributed by atoms with E-state index in [1.807, 2.05) is 48.5 Å². The Balaban J connectivity index is 1.69. The summed E-state index contributed by atoms with van der Waals surface area (Å²) in [4.78, 5) is 37.7. The number of aliphatic carboxylic acids is 1. The highest BCUT2D eigenvalue weighted by atomic mass is 19.4. The summed E-state index contributed by atoms with van der Waals surface area (Å²) in [5.41, 5.74) is 3.98. The van der Waals surface area contributed by atoms with Crippen molar-refractivity contribution in [2.24, 2.45) is 0 Å². The Morgan fingerprint density at radius 3 is 2.03 bits per heavy atom. The molecule has 2 aromatic rings. The van der Waals surface area contributed by atoms with E-state index in [0.717, 1.165) is 22.3 Å². The number of benzene rings is 2. The van der Waals surface area contributed by atoms with Crippen LogP contribution in [0.25, 0.3) is 11.1 Å². The van der Waals surface area contributed by atoms with Crippen molar-refractivity contribution in [2.75, 3.05) is 27.2 Å². The fourth-order valence-corrected chi connectivity index (χ4v) is 3.96. The lowest BCUT2D eigenvalue weighted by atomic mass is 9.98. The monoisotopic (exact) mass is 493 g/mol. The third-order valence-electron chi connectivity index (χ3n) is 5.68. The molecule has 0 spiro atoms. The van der Waals surface area contributed by atoms with Crippen molar-refractivity contribution in [3.8, 4) is 11.1 Å². The van der Waals surface area contributed by atoms with Gasteiger partial charge in [0.15, 0.2) is 0 Å². The Kier molecular flexibility index (Phi) is 8.00. The maximum absolute atomic E-state index is 13.0. The van der Waals surface area contributed by atoms with Gasteiger partial charge in [-0.2, -0.15) is 13.2 Å². The second kappa shape index (κ2) is 10.8. The number of carboxylic acids is 1. The minimum atomic E-state index is -5.20. The number of carbonyl (C=O) groups excluding carboxylic acids is 2. The van der Waals surface area contributed by atoms with E-state index in [1.165, 1.54) is 5.32 Å². The first-order chi connectivity index (χ1) is 16.5. The number of alkyl halides is 3. The van der Waals surface area contributed by atoms with Crippen LogP contribution in [0.5, 0.6) is 0 Å². The van der Waals surface area contributed by atoms with E-state index in [9.17, 15) is 27.6 Å². The van der Waals surface area contributed by atoms with E-state index >= 15 is 0 Å². The van der Waals surface area contributed by atoms with E-state index in [-0.39, 0.29) is 25.5 Å². The average Bonchev–Trinajstić information content (AvgIpc) is 3.11. The molecule has 0 aromatic heterocycles. The van der Waals surface area contributed by atoms with Gasteiger partial charge >= 0.3 is 18.2 Å². The summed E-state index contributed by atoms with van der Waals surface area (Å²) >= 11 is 0. The van der Waals surface area contributed by atoms with Crippen molar-refractivity contribution in [1.29, 1.82) is 0 Å². The van der Waals surface area contributed by atoms with Gasteiger partial charge in [0.05, 0.1) is 0 Å². The van der Waals surface area contributed by atoms with Crippen molar-refractivity contribution < 1.29 is 37.4 Å².